The van der Waals surface area contributed by atoms with Crippen molar-refractivity contribution >= 4 is 29.2 Å². The number of nitrogens with zero attached hydrogens (tertiary/aromatic N) is 1. The molecule has 0 heterocycles. The van der Waals surface area contributed by atoms with Crippen molar-refractivity contribution in [2.75, 3.05) is 0 Å². The minimum Gasteiger partial charge on any atom is -0.479 e. The van der Waals surface area contributed by atoms with Crippen LogP contribution in [0, 0.1) is 11.3 Å². The molecule has 1 aromatic carbocycles. The van der Waals surface area contributed by atoms with Crippen molar-refractivity contribution in [2.45, 2.75) is 6.10 Å². The zero-order chi connectivity index (χ0) is 11.6. The summed E-state index contributed by atoms with van der Waals surface area (Å²) in [5.74, 6) is -1.49. The van der Waals surface area contributed by atoms with Crippen molar-refractivity contribution in [3.05, 3.63) is 33.3 Å². The van der Waals surface area contributed by atoms with Crippen LogP contribution >= 0.6 is 23.2 Å². The Bertz CT molecular complexity index is 453. The lowest BCUT2D eigenvalue weighted by atomic mass is 10.0. The topological polar surface area (TPSA) is 81.3 Å². The van der Waals surface area contributed by atoms with Crippen molar-refractivity contribution in [1.82, 2.24) is 0 Å². The van der Waals surface area contributed by atoms with E-state index in [0.29, 0.717) is 0 Å². The van der Waals surface area contributed by atoms with Gasteiger partial charge in [0.2, 0.25) is 0 Å². The van der Waals surface area contributed by atoms with Gasteiger partial charge in [-0.15, -0.1) is 0 Å². The summed E-state index contributed by atoms with van der Waals surface area (Å²) in [7, 11) is 0. The second-order valence-electron chi connectivity index (χ2n) is 2.68. The highest BCUT2D eigenvalue weighted by atomic mass is 35.5. The van der Waals surface area contributed by atoms with Crippen LogP contribution in [0.2, 0.25) is 10.0 Å². The number of aliphatic hydroxyl groups excluding tert-OH is 1. The Morgan fingerprint density at radius 1 is 1.47 bits per heavy atom. The van der Waals surface area contributed by atoms with E-state index in [0.717, 1.165) is 0 Å². The standard InChI is InChI=1S/C9H5Cl2NO3/c10-5-2-1-4(3-12)6(7(5)11)8(13)9(14)15/h1-2,8,13H,(H,14,15). The lowest BCUT2D eigenvalue weighted by molar-refractivity contribution is -0.146. The van der Waals surface area contributed by atoms with Gasteiger partial charge in [0, 0.05) is 5.56 Å². The number of carbonyl (C=O) groups is 1. The summed E-state index contributed by atoms with van der Waals surface area (Å²) in [6.45, 7) is 0. The fourth-order valence-electron chi connectivity index (χ4n) is 1.05. The van der Waals surface area contributed by atoms with E-state index < -0.39 is 12.1 Å². The third-order valence-electron chi connectivity index (χ3n) is 1.76. The molecular formula is C9H5Cl2NO3. The number of aliphatic hydroxyl groups is 1. The Balaban J connectivity index is 3.44. The average Bonchev–Trinajstić information content (AvgIpc) is 2.20. The maximum atomic E-state index is 10.6. The van der Waals surface area contributed by atoms with Crippen LogP contribution in [-0.4, -0.2) is 16.2 Å². The maximum absolute atomic E-state index is 10.6. The summed E-state index contributed by atoms with van der Waals surface area (Å²) < 4.78 is 0. The Kier molecular flexibility index (Phi) is 3.53. The van der Waals surface area contributed by atoms with Crippen molar-refractivity contribution in [1.29, 1.82) is 5.26 Å². The van der Waals surface area contributed by atoms with E-state index in [-0.39, 0.29) is 21.2 Å². The summed E-state index contributed by atoms with van der Waals surface area (Å²) in [5.41, 5.74) is -0.196. The highest BCUT2D eigenvalue weighted by Crippen LogP contribution is 2.32. The predicted molar refractivity (Wildman–Crippen MR) is 53.8 cm³/mol. The monoisotopic (exact) mass is 245 g/mol. The van der Waals surface area contributed by atoms with E-state index >= 15 is 0 Å². The molecule has 0 fully saturated rings. The van der Waals surface area contributed by atoms with Crippen LogP contribution in [0.25, 0.3) is 0 Å². The molecule has 1 unspecified atom stereocenters. The minimum atomic E-state index is -1.86. The van der Waals surface area contributed by atoms with E-state index in [1.54, 1.807) is 6.07 Å². The minimum absolute atomic E-state index is 0.0145. The van der Waals surface area contributed by atoms with Gasteiger partial charge in [-0.05, 0) is 12.1 Å². The fourth-order valence-corrected chi connectivity index (χ4v) is 1.49. The summed E-state index contributed by atoms with van der Waals surface area (Å²) in [5, 5.41) is 26.6. The smallest absolute Gasteiger partial charge is 0.337 e. The number of carboxylic acids is 1. The molecule has 0 saturated carbocycles. The van der Waals surface area contributed by atoms with Crippen LogP contribution in [0.5, 0.6) is 0 Å². The van der Waals surface area contributed by atoms with Crippen LogP contribution in [-0.2, 0) is 4.79 Å². The number of aliphatic carboxylic acids is 1. The first kappa shape index (κ1) is 11.8. The van der Waals surface area contributed by atoms with E-state index in [2.05, 4.69) is 0 Å². The predicted octanol–water partition coefficient (Wildman–Crippen LogP) is 1.98. The summed E-state index contributed by atoms with van der Waals surface area (Å²) in [6.07, 6.45) is -1.86. The number of rotatable bonds is 2. The largest absolute Gasteiger partial charge is 0.479 e. The Hall–Kier alpha value is -1.28. The molecule has 0 amide bonds. The van der Waals surface area contributed by atoms with Crippen molar-refractivity contribution in [3.8, 4) is 6.07 Å². The van der Waals surface area contributed by atoms with Crippen LogP contribution in [0.1, 0.15) is 17.2 Å². The average molecular weight is 246 g/mol. The molecule has 0 radical (unpaired) electrons. The zero-order valence-corrected chi connectivity index (χ0v) is 8.75. The van der Waals surface area contributed by atoms with Crippen LogP contribution in [0.3, 0.4) is 0 Å². The van der Waals surface area contributed by atoms with Crippen LogP contribution in [0.15, 0.2) is 12.1 Å². The molecule has 0 aromatic heterocycles. The number of halogens is 2. The van der Waals surface area contributed by atoms with Gasteiger partial charge >= 0.3 is 5.97 Å². The third-order valence-corrected chi connectivity index (χ3v) is 2.58. The molecule has 0 aliphatic heterocycles. The molecule has 1 rings (SSSR count). The van der Waals surface area contributed by atoms with Crippen LogP contribution in [0.4, 0.5) is 0 Å². The molecule has 15 heavy (non-hydrogen) atoms. The van der Waals surface area contributed by atoms with Gasteiger partial charge in [0.1, 0.15) is 0 Å². The Morgan fingerprint density at radius 2 is 2.07 bits per heavy atom. The summed E-state index contributed by atoms with van der Waals surface area (Å²) in [6, 6.07) is 4.40. The molecule has 4 nitrogen and oxygen atoms in total. The van der Waals surface area contributed by atoms with E-state index in [1.807, 2.05) is 0 Å². The number of nitriles is 1. The lowest BCUT2D eigenvalue weighted by Crippen LogP contribution is -2.12. The van der Waals surface area contributed by atoms with Gasteiger partial charge in [0.05, 0.1) is 21.7 Å². The van der Waals surface area contributed by atoms with Gasteiger partial charge in [0.25, 0.3) is 0 Å². The highest BCUT2D eigenvalue weighted by molar-refractivity contribution is 6.42. The first-order valence-electron chi connectivity index (χ1n) is 3.78. The first-order chi connectivity index (χ1) is 6.99. The number of hydrogen-bond acceptors (Lipinski definition) is 3. The van der Waals surface area contributed by atoms with Gasteiger partial charge in [-0.3, -0.25) is 0 Å². The number of hydrogen-bond donors (Lipinski definition) is 2. The molecule has 0 aliphatic rings. The van der Waals surface area contributed by atoms with Gasteiger partial charge in [0.15, 0.2) is 6.10 Å². The van der Waals surface area contributed by atoms with E-state index in [4.69, 9.17) is 33.6 Å². The Morgan fingerprint density at radius 3 is 2.53 bits per heavy atom. The van der Waals surface area contributed by atoms with E-state index in [1.165, 1.54) is 12.1 Å². The molecule has 6 heteroatoms. The summed E-state index contributed by atoms with van der Waals surface area (Å²) >= 11 is 11.4. The van der Waals surface area contributed by atoms with E-state index in [9.17, 15) is 9.90 Å². The van der Waals surface area contributed by atoms with Crippen LogP contribution < -0.4 is 0 Å². The molecule has 1 atom stereocenters. The molecule has 0 bridgehead atoms. The fraction of sp³-hybridized carbons (Fsp3) is 0.111. The van der Waals surface area contributed by atoms with Gasteiger partial charge in [-0.25, -0.2) is 4.79 Å². The first-order valence-corrected chi connectivity index (χ1v) is 4.53. The van der Waals surface area contributed by atoms with Crippen molar-refractivity contribution in [2.24, 2.45) is 0 Å². The van der Waals surface area contributed by atoms with Crippen molar-refractivity contribution in [3.63, 3.8) is 0 Å². The zero-order valence-electron chi connectivity index (χ0n) is 7.24. The Labute approximate surface area is 95.3 Å². The summed E-state index contributed by atoms with van der Waals surface area (Å²) in [4.78, 5) is 10.6. The second kappa shape index (κ2) is 4.49. The molecule has 2 N–H and O–H groups in total. The number of benzene rings is 1. The van der Waals surface area contributed by atoms with Gasteiger partial charge < -0.3 is 10.2 Å². The quantitative estimate of drug-likeness (QED) is 0.835. The number of carboxylic acid groups (broad SMARTS) is 1. The maximum Gasteiger partial charge on any atom is 0.337 e. The molecular weight excluding hydrogens is 241 g/mol. The molecule has 78 valence electrons. The normalized spacial score (nSPS) is 11.9. The molecule has 0 aliphatic carbocycles. The lowest BCUT2D eigenvalue weighted by Gasteiger charge is -2.10. The highest BCUT2D eigenvalue weighted by Gasteiger charge is 2.24. The van der Waals surface area contributed by atoms with Gasteiger partial charge in [-0.1, -0.05) is 23.2 Å². The SMILES string of the molecule is N#Cc1ccc(Cl)c(Cl)c1C(O)C(=O)O. The van der Waals surface area contributed by atoms with Gasteiger partial charge in [-0.2, -0.15) is 5.26 Å². The molecule has 0 saturated heterocycles. The molecule has 0 spiro atoms. The molecule has 1 aromatic rings. The van der Waals surface area contributed by atoms with Crippen molar-refractivity contribution < 1.29 is 15.0 Å². The second-order valence-corrected chi connectivity index (χ2v) is 3.46. The third kappa shape index (κ3) is 2.21.